The number of nitrogens with zero attached hydrogens (tertiary/aromatic N) is 1. The van der Waals surface area contributed by atoms with E-state index in [1.54, 1.807) is 0 Å². The van der Waals surface area contributed by atoms with Crippen LogP contribution in [0.4, 0.5) is 0 Å². The molecule has 2 atom stereocenters. The van der Waals surface area contributed by atoms with Gasteiger partial charge in [-0.3, -0.25) is 19.9 Å². The monoisotopic (exact) mass is 326 g/mol. The normalized spacial score (nSPS) is 26.1. The molecule has 2 fully saturated rings. The maximum Gasteiger partial charge on any atom is 0.235 e. The van der Waals surface area contributed by atoms with Crippen LogP contribution < -0.4 is 16.2 Å². The number of amides is 2. The third-order valence-electron chi connectivity index (χ3n) is 4.40. The molecule has 2 unspecified atom stereocenters. The zero-order valence-corrected chi connectivity index (χ0v) is 14.3. The third kappa shape index (κ3) is 6.08. The lowest BCUT2D eigenvalue weighted by Crippen LogP contribution is -2.57. The number of piperidine rings is 1. The van der Waals surface area contributed by atoms with Gasteiger partial charge in [-0.1, -0.05) is 0 Å². The van der Waals surface area contributed by atoms with Gasteiger partial charge in [0.05, 0.1) is 12.0 Å². The Morgan fingerprint density at radius 2 is 2.30 bits per heavy atom. The smallest absolute Gasteiger partial charge is 0.235 e. The van der Waals surface area contributed by atoms with Gasteiger partial charge in [-0.05, 0) is 39.7 Å². The van der Waals surface area contributed by atoms with E-state index in [0.29, 0.717) is 19.6 Å². The van der Waals surface area contributed by atoms with Crippen LogP contribution in [0.1, 0.15) is 39.5 Å². The molecular formula is C16H30N4O3. The number of nitrogens with one attached hydrogen (secondary N) is 3. The molecule has 7 heteroatoms. The number of ether oxygens (including phenoxy) is 1. The number of hydrogen-bond acceptors (Lipinski definition) is 5. The molecule has 2 rings (SSSR count). The van der Waals surface area contributed by atoms with Crippen molar-refractivity contribution in [2.75, 3.05) is 32.8 Å². The molecule has 0 saturated carbocycles. The highest BCUT2D eigenvalue weighted by Gasteiger charge is 2.31. The second-order valence-electron chi connectivity index (χ2n) is 6.69. The number of hydrogen-bond donors (Lipinski definition) is 3. The molecule has 2 aliphatic heterocycles. The van der Waals surface area contributed by atoms with Crippen molar-refractivity contribution < 1.29 is 14.3 Å². The average Bonchev–Trinajstić information content (AvgIpc) is 2.54. The summed E-state index contributed by atoms with van der Waals surface area (Å²) in [6, 6.07) is 0.193. The zero-order chi connectivity index (χ0) is 16.7. The first kappa shape index (κ1) is 18.2. The fraction of sp³-hybridized carbons (Fsp3) is 0.875. The molecule has 0 spiro atoms. The molecule has 7 nitrogen and oxygen atoms in total. The van der Waals surface area contributed by atoms with Crippen molar-refractivity contribution in [3.63, 3.8) is 0 Å². The number of carbonyl (C=O) groups excluding carboxylic acids is 2. The lowest BCUT2D eigenvalue weighted by atomic mass is 9.95. The minimum Gasteiger partial charge on any atom is -0.379 e. The molecule has 0 aliphatic carbocycles. The molecule has 0 aromatic rings. The summed E-state index contributed by atoms with van der Waals surface area (Å²) < 4.78 is 5.47. The van der Waals surface area contributed by atoms with Crippen LogP contribution in [0.3, 0.4) is 0 Å². The zero-order valence-electron chi connectivity index (χ0n) is 14.3. The molecule has 0 aromatic carbocycles. The van der Waals surface area contributed by atoms with Gasteiger partial charge in [-0.2, -0.15) is 0 Å². The fourth-order valence-corrected chi connectivity index (χ4v) is 3.16. The molecule has 23 heavy (non-hydrogen) atoms. The van der Waals surface area contributed by atoms with Gasteiger partial charge < -0.3 is 10.1 Å². The van der Waals surface area contributed by atoms with Crippen LogP contribution in [0.2, 0.25) is 0 Å². The lowest BCUT2D eigenvalue weighted by molar-refractivity contribution is -0.128. The van der Waals surface area contributed by atoms with Crippen molar-refractivity contribution in [1.29, 1.82) is 0 Å². The van der Waals surface area contributed by atoms with Gasteiger partial charge in [0.2, 0.25) is 11.8 Å². The molecule has 2 heterocycles. The van der Waals surface area contributed by atoms with Crippen LogP contribution >= 0.6 is 0 Å². The number of carbonyl (C=O) groups is 2. The van der Waals surface area contributed by atoms with E-state index in [0.717, 1.165) is 38.9 Å². The minimum absolute atomic E-state index is 0.0259. The van der Waals surface area contributed by atoms with E-state index in [2.05, 4.69) is 21.1 Å². The lowest BCUT2D eigenvalue weighted by Gasteiger charge is -2.39. The van der Waals surface area contributed by atoms with E-state index >= 15 is 0 Å². The summed E-state index contributed by atoms with van der Waals surface area (Å²) in [4.78, 5) is 26.1. The van der Waals surface area contributed by atoms with Gasteiger partial charge >= 0.3 is 0 Å². The van der Waals surface area contributed by atoms with Gasteiger partial charge in [-0.15, -0.1) is 0 Å². The Kier molecular flexibility index (Phi) is 7.26. The highest BCUT2D eigenvalue weighted by Crippen LogP contribution is 2.20. The number of rotatable bonds is 7. The second kappa shape index (κ2) is 9.20. The Morgan fingerprint density at radius 1 is 1.48 bits per heavy atom. The van der Waals surface area contributed by atoms with Crippen LogP contribution in [0.25, 0.3) is 0 Å². The summed E-state index contributed by atoms with van der Waals surface area (Å²) in [7, 11) is 0. The van der Waals surface area contributed by atoms with Gasteiger partial charge in [0.25, 0.3) is 0 Å². The highest BCUT2D eigenvalue weighted by molar-refractivity contribution is 5.79. The molecular weight excluding hydrogens is 296 g/mol. The third-order valence-corrected chi connectivity index (χ3v) is 4.40. The molecule has 2 saturated heterocycles. The minimum atomic E-state index is 0.0259. The summed E-state index contributed by atoms with van der Waals surface area (Å²) in [5.41, 5.74) is 5.55. The second-order valence-corrected chi connectivity index (χ2v) is 6.69. The molecule has 0 radical (unpaired) electrons. The topological polar surface area (TPSA) is 82.7 Å². The first-order valence-electron chi connectivity index (χ1n) is 8.71. The SMILES string of the molecule is CC(C)OCCCNC(=O)C1CCCN(C2CNNC(=O)C2)C1. The summed E-state index contributed by atoms with van der Waals surface area (Å²) in [5.74, 6) is 0.185. The van der Waals surface area contributed by atoms with E-state index in [4.69, 9.17) is 4.74 Å². The van der Waals surface area contributed by atoms with Gasteiger partial charge in [0.1, 0.15) is 0 Å². The Labute approximate surface area is 138 Å². The summed E-state index contributed by atoms with van der Waals surface area (Å²) in [6.45, 7) is 7.81. The largest absolute Gasteiger partial charge is 0.379 e. The summed E-state index contributed by atoms with van der Waals surface area (Å²) in [6.07, 6.45) is 3.52. The number of likely N-dealkylation sites (tertiary alicyclic amines) is 1. The molecule has 132 valence electrons. The van der Waals surface area contributed by atoms with E-state index in [9.17, 15) is 9.59 Å². The first-order chi connectivity index (χ1) is 11.1. The Balaban J connectivity index is 1.70. The molecule has 2 amide bonds. The van der Waals surface area contributed by atoms with Crippen LogP contribution in [0.5, 0.6) is 0 Å². The van der Waals surface area contributed by atoms with Gasteiger partial charge in [0.15, 0.2) is 0 Å². The fourth-order valence-electron chi connectivity index (χ4n) is 3.16. The van der Waals surface area contributed by atoms with Crippen molar-refractivity contribution in [2.45, 2.75) is 51.7 Å². The van der Waals surface area contributed by atoms with E-state index in [1.807, 2.05) is 13.8 Å². The maximum absolute atomic E-state index is 12.3. The van der Waals surface area contributed by atoms with Gasteiger partial charge in [0, 0.05) is 38.7 Å². The van der Waals surface area contributed by atoms with Gasteiger partial charge in [-0.25, -0.2) is 5.43 Å². The summed E-state index contributed by atoms with van der Waals surface area (Å²) in [5, 5.41) is 3.02. The molecule has 3 N–H and O–H groups in total. The maximum atomic E-state index is 12.3. The van der Waals surface area contributed by atoms with Crippen molar-refractivity contribution in [2.24, 2.45) is 5.92 Å². The van der Waals surface area contributed by atoms with Crippen molar-refractivity contribution >= 4 is 11.8 Å². The quantitative estimate of drug-likeness (QED) is 0.575. The Morgan fingerprint density at radius 3 is 3.04 bits per heavy atom. The van der Waals surface area contributed by atoms with E-state index in [-0.39, 0.29) is 29.9 Å². The first-order valence-corrected chi connectivity index (χ1v) is 8.71. The van der Waals surface area contributed by atoms with Crippen LogP contribution in [0, 0.1) is 5.92 Å². The highest BCUT2D eigenvalue weighted by atomic mass is 16.5. The molecule has 0 aromatic heterocycles. The molecule has 0 bridgehead atoms. The number of hydrazine groups is 1. The standard InChI is InChI=1S/C16H30N4O3/c1-12(2)23-8-4-6-17-16(22)13-5-3-7-20(11-13)14-9-15(21)19-18-10-14/h12-14,18H,3-11H2,1-2H3,(H,17,22)(H,19,21). The average molecular weight is 326 g/mol. The Hall–Kier alpha value is -1.18. The summed E-state index contributed by atoms with van der Waals surface area (Å²) >= 11 is 0. The Bertz CT molecular complexity index is 403. The van der Waals surface area contributed by atoms with Crippen LogP contribution in [0.15, 0.2) is 0 Å². The van der Waals surface area contributed by atoms with E-state index < -0.39 is 0 Å². The van der Waals surface area contributed by atoms with E-state index in [1.165, 1.54) is 0 Å². The van der Waals surface area contributed by atoms with Crippen LogP contribution in [-0.2, 0) is 14.3 Å². The predicted molar refractivity (Wildman–Crippen MR) is 87.6 cm³/mol. The van der Waals surface area contributed by atoms with Crippen molar-refractivity contribution in [3.8, 4) is 0 Å². The van der Waals surface area contributed by atoms with Crippen LogP contribution in [-0.4, -0.2) is 61.6 Å². The van der Waals surface area contributed by atoms with Crippen molar-refractivity contribution in [1.82, 2.24) is 21.1 Å². The predicted octanol–water partition coefficient (Wildman–Crippen LogP) is 0.0228. The molecule has 2 aliphatic rings. The van der Waals surface area contributed by atoms with Crippen molar-refractivity contribution in [3.05, 3.63) is 0 Å².